The molecule has 1 aliphatic heterocycles. The van der Waals surface area contributed by atoms with E-state index in [-0.39, 0.29) is 6.61 Å². The summed E-state index contributed by atoms with van der Waals surface area (Å²) in [6.07, 6.45) is 2.93. The quantitative estimate of drug-likeness (QED) is 0.817. The first-order valence-corrected chi connectivity index (χ1v) is 5.80. The maximum absolute atomic E-state index is 13.6. The zero-order chi connectivity index (χ0) is 12.3. The molecular weight excluding hydrogens is 223 g/mol. The standard InChI is InChI=1S/C11H17FN4O/c1-13-11-14-6-9(12)10(15-11)16-4-2-8(7-16)3-5-17/h6,8,17H,2-5,7H2,1H3,(H,13,14,15). The highest BCUT2D eigenvalue weighted by Crippen LogP contribution is 2.26. The molecule has 1 aromatic heterocycles. The van der Waals surface area contributed by atoms with Crippen LogP contribution >= 0.6 is 0 Å². The second-order valence-corrected chi connectivity index (χ2v) is 4.23. The van der Waals surface area contributed by atoms with Crippen molar-refractivity contribution in [2.75, 3.05) is 37.0 Å². The van der Waals surface area contributed by atoms with E-state index in [1.54, 1.807) is 7.05 Å². The maximum Gasteiger partial charge on any atom is 0.224 e. The minimum atomic E-state index is -0.395. The molecule has 2 heterocycles. The lowest BCUT2D eigenvalue weighted by Crippen LogP contribution is -2.23. The molecule has 0 saturated carbocycles. The highest BCUT2D eigenvalue weighted by molar-refractivity contribution is 5.44. The first-order chi connectivity index (χ1) is 8.24. The Bertz CT molecular complexity index is 388. The van der Waals surface area contributed by atoms with E-state index in [4.69, 9.17) is 5.11 Å². The second-order valence-electron chi connectivity index (χ2n) is 4.23. The van der Waals surface area contributed by atoms with Gasteiger partial charge in [-0.05, 0) is 18.8 Å². The summed E-state index contributed by atoms with van der Waals surface area (Å²) in [5, 5.41) is 11.7. The van der Waals surface area contributed by atoms with Crippen molar-refractivity contribution in [2.45, 2.75) is 12.8 Å². The van der Waals surface area contributed by atoms with Crippen LogP contribution in [-0.4, -0.2) is 41.8 Å². The van der Waals surface area contributed by atoms with Gasteiger partial charge in [0.2, 0.25) is 5.95 Å². The summed E-state index contributed by atoms with van der Waals surface area (Å²) >= 11 is 0. The van der Waals surface area contributed by atoms with Crippen molar-refractivity contribution in [1.29, 1.82) is 0 Å². The predicted molar refractivity (Wildman–Crippen MR) is 63.6 cm³/mol. The fourth-order valence-electron chi connectivity index (χ4n) is 2.14. The van der Waals surface area contributed by atoms with E-state index < -0.39 is 5.82 Å². The Morgan fingerprint density at radius 2 is 2.47 bits per heavy atom. The number of aliphatic hydroxyl groups excluding tert-OH is 1. The Balaban J connectivity index is 2.12. The van der Waals surface area contributed by atoms with E-state index in [1.165, 1.54) is 6.20 Å². The van der Waals surface area contributed by atoms with Crippen LogP contribution in [0.4, 0.5) is 16.2 Å². The minimum absolute atomic E-state index is 0.187. The van der Waals surface area contributed by atoms with E-state index in [1.807, 2.05) is 4.90 Å². The number of hydrogen-bond donors (Lipinski definition) is 2. The molecule has 94 valence electrons. The largest absolute Gasteiger partial charge is 0.396 e. The van der Waals surface area contributed by atoms with E-state index in [2.05, 4.69) is 15.3 Å². The Hall–Kier alpha value is -1.43. The van der Waals surface area contributed by atoms with E-state index >= 15 is 0 Å². The average molecular weight is 240 g/mol. The molecule has 0 radical (unpaired) electrons. The van der Waals surface area contributed by atoms with Crippen LogP contribution in [-0.2, 0) is 0 Å². The summed E-state index contributed by atoms with van der Waals surface area (Å²) in [5.74, 6) is 0.804. The van der Waals surface area contributed by atoms with Crippen molar-refractivity contribution in [2.24, 2.45) is 5.92 Å². The Morgan fingerprint density at radius 1 is 1.65 bits per heavy atom. The number of aromatic nitrogens is 2. The molecule has 6 heteroatoms. The lowest BCUT2D eigenvalue weighted by atomic mass is 10.1. The first-order valence-electron chi connectivity index (χ1n) is 5.80. The van der Waals surface area contributed by atoms with Crippen LogP contribution in [0, 0.1) is 11.7 Å². The van der Waals surface area contributed by atoms with Gasteiger partial charge in [-0.25, -0.2) is 9.37 Å². The molecule has 2 rings (SSSR count). The molecular formula is C11H17FN4O. The third-order valence-electron chi connectivity index (χ3n) is 3.07. The molecule has 0 aliphatic carbocycles. The number of nitrogens with one attached hydrogen (secondary N) is 1. The topological polar surface area (TPSA) is 61.3 Å². The molecule has 0 aromatic carbocycles. The lowest BCUT2D eigenvalue weighted by Gasteiger charge is -2.18. The number of halogens is 1. The number of rotatable bonds is 4. The summed E-state index contributed by atoms with van der Waals surface area (Å²) in [6.45, 7) is 1.71. The van der Waals surface area contributed by atoms with Crippen molar-refractivity contribution in [3.63, 3.8) is 0 Å². The molecule has 17 heavy (non-hydrogen) atoms. The van der Waals surface area contributed by atoms with Gasteiger partial charge >= 0.3 is 0 Å². The molecule has 1 fully saturated rings. The predicted octanol–water partition coefficient (Wildman–Crippen LogP) is 0.866. The van der Waals surface area contributed by atoms with Crippen LogP contribution in [0.3, 0.4) is 0 Å². The summed E-state index contributed by atoms with van der Waals surface area (Å²) < 4.78 is 13.6. The van der Waals surface area contributed by atoms with E-state index in [0.29, 0.717) is 17.7 Å². The Labute approximate surface area is 99.7 Å². The fraction of sp³-hybridized carbons (Fsp3) is 0.636. The molecule has 1 aliphatic rings. The smallest absolute Gasteiger partial charge is 0.224 e. The summed E-state index contributed by atoms with van der Waals surface area (Å²) in [7, 11) is 1.70. The highest BCUT2D eigenvalue weighted by atomic mass is 19.1. The van der Waals surface area contributed by atoms with Crippen LogP contribution in [0.5, 0.6) is 0 Å². The molecule has 0 spiro atoms. The van der Waals surface area contributed by atoms with Crippen LogP contribution in [0.2, 0.25) is 0 Å². The van der Waals surface area contributed by atoms with E-state index in [0.717, 1.165) is 25.9 Å². The van der Waals surface area contributed by atoms with Crippen LogP contribution in [0.25, 0.3) is 0 Å². The first kappa shape index (κ1) is 12.0. The lowest BCUT2D eigenvalue weighted by molar-refractivity contribution is 0.263. The van der Waals surface area contributed by atoms with Gasteiger partial charge in [0.1, 0.15) is 0 Å². The minimum Gasteiger partial charge on any atom is -0.396 e. The average Bonchev–Trinajstić information content (AvgIpc) is 2.79. The second kappa shape index (κ2) is 5.27. The van der Waals surface area contributed by atoms with Gasteiger partial charge in [0.25, 0.3) is 0 Å². The summed E-state index contributed by atoms with van der Waals surface area (Å²) in [4.78, 5) is 9.87. The maximum atomic E-state index is 13.6. The summed E-state index contributed by atoms with van der Waals surface area (Å²) in [6, 6.07) is 0. The Morgan fingerprint density at radius 3 is 3.18 bits per heavy atom. The van der Waals surface area contributed by atoms with Gasteiger partial charge in [-0.15, -0.1) is 0 Å². The molecule has 1 aromatic rings. The highest BCUT2D eigenvalue weighted by Gasteiger charge is 2.25. The van der Waals surface area contributed by atoms with Gasteiger partial charge in [-0.3, -0.25) is 0 Å². The van der Waals surface area contributed by atoms with Gasteiger partial charge in [-0.2, -0.15) is 4.98 Å². The van der Waals surface area contributed by atoms with Crippen molar-refractivity contribution in [3.05, 3.63) is 12.0 Å². The number of hydrogen-bond acceptors (Lipinski definition) is 5. The molecule has 0 bridgehead atoms. The molecule has 0 amide bonds. The summed E-state index contributed by atoms with van der Waals surface area (Å²) in [5.41, 5.74) is 0. The number of anilines is 2. The van der Waals surface area contributed by atoms with E-state index in [9.17, 15) is 4.39 Å². The van der Waals surface area contributed by atoms with Crippen LogP contribution in [0.15, 0.2) is 6.20 Å². The van der Waals surface area contributed by atoms with Crippen molar-refractivity contribution in [1.82, 2.24) is 9.97 Å². The molecule has 2 N–H and O–H groups in total. The van der Waals surface area contributed by atoms with Crippen molar-refractivity contribution >= 4 is 11.8 Å². The Kier molecular flexibility index (Phi) is 3.73. The molecule has 1 unspecified atom stereocenters. The van der Waals surface area contributed by atoms with Gasteiger partial charge in [0.15, 0.2) is 11.6 Å². The third-order valence-corrected chi connectivity index (χ3v) is 3.07. The fourth-order valence-corrected chi connectivity index (χ4v) is 2.14. The molecule has 1 saturated heterocycles. The molecule has 1 atom stereocenters. The van der Waals surface area contributed by atoms with Crippen molar-refractivity contribution in [3.8, 4) is 0 Å². The monoisotopic (exact) mass is 240 g/mol. The zero-order valence-electron chi connectivity index (χ0n) is 9.86. The van der Waals surface area contributed by atoms with Crippen molar-refractivity contribution < 1.29 is 9.50 Å². The van der Waals surface area contributed by atoms with Gasteiger partial charge in [0, 0.05) is 26.7 Å². The molecule has 5 nitrogen and oxygen atoms in total. The van der Waals surface area contributed by atoms with Gasteiger partial charge in [0.05, 0.1) is 6.20 Å². The van der Waals surface area contributed by atoms with Crippen LogP contribution in [0.1, 0.15) is 12.8 Å². The van der Waals surface area contributed by atoms with Gasteiger partial charge < -0.3 is 15.3 Å². The zero-order valence-corrected chi connectivity index (χ0v) is 9.86. The van der Waals surface area contributed by atoms with Gasteiger partial charge in [-0.1, -0.05) is 0 Å². The number of aliphatic hydroxyl groups is 1. The third kappa shape index (κ3) is 2.63. The normalized spacial score (nSPS) is 19.7. The number of nitrogens with zero attached hydrogens (tertiary/aromatic N) is 3. The SMILES string of the molecule is CNc1ncc(F)c(N2CCC(CCO)C2)n1. The van der Waals surface area contributed by atoms with Crippen LogP contribution < -0.4 is 10.2 Å².